The van der Waals surface area contributed by atoms with E-state index in [0.717, 1.165) is 17.7 Å². The van der Waals surface area contributed by atoms with Gasteiger partial charge in [-0.05, 0) is 48.9 Å². The van der Waals surface area contributed by atoms with E-state index in [-0.39, 0.29) is 24.0 Å². The first-order chi connectivity index (χ1) is 16.1. The van der Waals surface area contributed by atoms with Gasteiger partial charge in [-0.1, -0.05) is 29.3 Å². The molecule has 34 heavy (non-hydrogen) atoms. The van der Waals surface area contributed by atoms with Crippen LogP contribution in [0.4, 0.5) is 18.0 Å². The topological polar surface area (TPSA) is 42.0 Å². The SMILES string of the molecule is C[C@@H](Oc1ccc(C(F)(F)F)cc1)[C@@H]1CN(C(=O)N2CCOCC2)C[C@H]1c1ccc(Cl)c(Cl)c1. The highest BCUT2D eigenvalue weighted by Gasteiger charge is 2.41. The summed E-state index contributed by atoms with van der Waals surface area (Å²) >= 11 is 12.4. The number of halogens is 5. The number of ether oxygens (including phenoxy) is 2. The van der Waals surface area contributed by atoms with Crippen LogP contribution in [-0.4, -0.2) is 61.3 Å². The van der Waals surface area contributed by atoms with Crippen molar-refractivity contribution in [1.82, 2.24) is 9.80 Å². The molecule has 2 saturated heterocycles. The first-order valence-corrected chi connectivity index (χ1v) is 11.8. The van der Waals surface area contributed by atoms with Crippen molar-refractivity contribution in [2.24, 2.45) is 5.92 Å². The predicted octanol–water partition coefficient (Wildman–Crippen LogP) is 5.95. The van der Waals surface area contributed by atoms with Gasteiger partial charge in [0.25, 0.3) is 0 Å². The third kappa shape index (κ3) is 5.56. The molecule has 3 atom stereocenters. The summed E-state index contributed by atoms with van der Waals surface area (Å²) in [7, 11) is 0. The third-order valence-electron chi connectivity index (χ3n) is 6.40. The van der Waals surface area contributed by atoms with Crippen molar-refractivity contribution >= 4 is 29.2 Å². The Bertz CT molecular complexity index is 1010. The van der Waals surface area contributed by atoms with Crippen molar-refractivity contribution < 1.29 is 27.4 Å². The van der Waals surface area contributed by atoms with Crippen LogP contribution in [0.25, 0.3) is 0 Å². The highest BCUT2D eigenvalue weighted by molar-refractivity contribution is 6.42. The van der Waals surface area contributed by atoms with Crippen molar-refractivity contribution in [2.75, 3.05) is 39.4 Å². The molecule has 0 unspecified atom stereocenters. The van der Waals surface area contributed by atoms with Gasteiger partial charge in [0.1, 0.15) is 11.9 Å². The molecule has 2 aliphatic heterocycles. The summed E-state index contributed by atoms with van der Waals surface area (Å²) in [6, 6.07) is 10.00. The fourth-order valence-electron chi connectivity index (χ4n) is 4.54. The number of carbonyl (C=O) groups is 1. The highest BCUT2D eigenvalue weighted by Crippen LogP contribution is 2.39. The molecule has 0 aliphatic carbocycles. The lowest BCUT2D eigenvalue weighted by Gasteiger charge is -2.31. The van der Waals surface area contributed by atoms with Crippen LogP contribution < -0.4 is 4.74 Å². The zero-order chi connectivity index (χ0) is 24.5. The molecule has 2 fully saturated rings. The molecule has 2 aromatic carbocycles. The summed E-state index contributed by atoms with van der Waals surface area (Å²) in [5.74, 6) is 0.153. The van der Waals surface area contributed by atoms with E-state index in [0.29, 0.717) is 55.2 Å². The van der Waals surface area contributed by atoms with Crippen LogP contribution in [0.1, 0.15) is 24.0 Å². The normalized spacial score (nSPS) is 22.1. The molecule has 0 spiro atoms. The molecule has 5 nitrogen and oxygen atoms in total. The third-order valence-corrected chi connectivity index (χ3v) is 7.13. The van der Waals surface area contributed by atoms with Crippen LogP contribution in [0.3, 0.4) is 0 Å². The Morgan fingerprint density at radius 2 is 1.71 bits per heavy atom. The Kier molecular flexibility index (Phi) is 7.50. The number of amides is 2. The zero-order valence-corrected chi connectivity index (χ0v) is 20.0. The Morgan fingerprint density at radius 3 is 2.32 bits per heavy atom. The predicted molar refractivity (Wildman–Crippen MR) is 124 cm³/mol. The van der Waals surface area contributed by atoms with Crippen molar-refractivity contribution in [3.05, 3.63) is 63.6 Å². The van der Waals surface area contributed by atoms with E-state index in [4.69, 9.17) is 32.7 Å². The van der Waals surface area contributed by atoms with Crippen LogP contribution in [-0.2, 0) is 10.9 Å². The average molecular weight is 517 g/mol. The molecular formula is C24H25Cl2F3N2O3. The molecule has 2 aliphatic rings. The van der Waals surface area contributed by atoms with E-state index in [1.165, 1.54) is 12.1 Å². The minimum Gasteiger partial charge on any atom is -0.490 e. The molecular weight excluding hydrogens is 492 g/mol. The average Bonchev–Trinajstić information content (AvgIpc) is 3.26. The molecule has 184 valence electrons. The van der Waals surface area contributed by atoms with Crippen LogP contribution >= 0.6 is 23.2 Å². The van der Waals surface area contributed by atoms with Gasteiger partial charge in [0, 0.05) is 38.0 Å². The van der Waals surface area contributed by atoms with Crippen LogP contribution in [0.15, 0.2) is 42.5 Å². The number of hydrogen-bond donors (Lipinski definition) is 0. The Balaban J connectivity index is 1.54. The number of morpholine rings is 1. The van der Waals surface area contributed by atoms with Gasteiger partial charge in [0.05, 0.1) is 28.8 Å². The number of rotatable bonds is 4. The van der Waals surface area contributed by atoms with Crippen LogP contribution in [0, 0.1) is 5.92 Å². The Hall–Kier alpha value is -2.16. The van der Waals surface area contributed by atoms with Gasteiger partial charge in [-0.3, -0.25) is 0 Å². The van der Waals surface area contributed by atoms with E-state index in [2.05, 4.69) is 0 Å². The second kappa shape index (κ2) is 10.2. The Morgan fingerprint density at radius 1 is 1.03 bits per heavy atom. The standard InChI is InChI=1S/C24H25Cl2F3N2O3/c1-15(34-18-5-3-17(4-6-18)24(27,28)29)19-13-31(23(32)30-8-10-33-11-9-30)14-20(19)16-2-7-21(25)22(26)12-16/h2-7,12,15,19-20H,8-11,13-14H2,1H3/t15-,19+,20+/m1/s1. The fourth-order valence-corrected chi connectivity index (χ4v) is 4.84. The summed E-state index contributed by atoms with van der Waals surface area (Å²) in [6.07, 6.45) is -4.78. The number of nitrogens with zero attached hydrogens (tertiary/aromatic N) is 2. The van der Waals surface area contributed by atoms with Crippen molar-refractivity contribution in [1.29, 1.82) is 0 Å². The molecule has 0 aromatic heterocycles. The summed E-state index contributed by atoms with van der Waals surface area (Å²) in [5.41, 5.74) is 0.198. The lowest BCUT2D eigenvalue weighted by Crippen LogP contribution is -2.47. The molecule has 10 heteroatoms. The summed E-state index contributed by atoms with van der Waals surface area (Å²) in [6.45, 7) is 4.88. The highest BCUT2D eigenvalue weighted by atomic mass is 35.5. The van der Waals surface area contributed by atoms with Gasteiger partial charge in [-0.15, -0.1) is 0 Å². The van der Waals surface area contributed by atoms with E-state index >= 15 is 0 Å². The fraction of sp³-hybridized carbons (Fsp3) is 0.458. The number of urea groups is 1. The van der Waals surface area contributed by atoms with Crippen molar-refractivity contribution in [2.45, 2.75) is 25.1 Å². The number of likely N-dealkylation sites (tertiary alicyclic amines) is 1. The van der Waals surface area contributed by atoms with Crippen molar-refractivity contribution in [3.63, 3.8) is 0 Å². The zero-order valence-electron chi connectivity index (χ0n) is 18.5. The molecule has 2 aromatic rings. The molecule has 4 rings (SSSR count). The minimum absolute atomic E-state index is 0.0578. The monoisotopic (exact) mass is 516 g/mol. The summed E-state index contributed by atoms with van der Waals surface area (Å²) in [4.78, 5) is 16.7. The van der Waals surface area contributed by atoms with E-state index in [1.807, 2.05) is 13.0 Å². The first-order valence-electron chi connectivity index (χ1n) is 11.0. The number of alkyl halides is 3. The Labute approximate surface area is 206 Å². The summed E-state index contributed by atoms with van der Waals surface area (Å²) in [5, 5.41) is 0.863. The lowest BCUT2D eigenvalue weighted by atomic mass is 9.85. The number of hydrogen-bond acceptors (Lipinski definition) is 3. The molecule has 0 bridgehead atoms. The largest absolute Gasteiger partial charge is 0.490 e. The van der Waals surface area contributed by atoms with Gasteiger partial charge < -0.3 is 19.3 Å². The maximum absolute atomic E-state index is 13.2. The maximum Gasteiger partial charge on any atom is 0.416 e. The lowest BCUT2D eigenvalue weighted by molar-refractivity contribution is -0.137. The van der Waals surface area contributed by atoms with E-state index < -0.39 is 11.7 Å². The molecule has 2 amide bonds. The minimum atomic E-state index is -4.41. The smallest absolute Gasteiger partial charge is 0.416 e. The van der Waals surface area contributed by atoms with Gasteiger partial charge in [0.15, 0.2) is 0 Å². The van der Waals surface area contributed by atoms with Crippen LogP contribution in [0.2, 0.25) is 10.0 Å². The summed E-state index contributed by atoms with van der Waals surface area (Å²) < 4.78 is 50.1. The van der Waals surface area contributed by atoms with Gasteiger partial charge in [-0.25, -0.2) is 4.79 Å². The maximum atomic E-state index is 13.2. The van der Waals surface area contributed by atoms with E-state index in [9.17, 15) is 18.0 Å². The molecule has 0 N–H and O–H groups in total. The van der Waals surface area contributed by atoms with Gasteiger partial charge >= 0.3 is 12.2 Å². The van der Waals surface area contributed by atoms with E-state index in [1.54, 1.807) is 21.9 Å². The molecule has 0 radical (unpaired) electrons. The molecule has 2 heterocycles. The second-order valence-electron chi connectivity index (χ2n) is 8.58. The first kappa shape index (κ1) is 24.9. The van der Waals surface area contributed by atoms with Gasteiger partial charge in [0.2, 0.25) is 0 Å². The van der Waals surface area contributed by atoms with Crippen molar-refractivity contribution in [3.8, 4) is 5.75 Å². The van der Waals surface area contributed by atoms with Gasteiger partial charge in [-0.2, -0.15) is 13.2 Å². The molecule has 0 saturated carbocycles. The number of carbonyl (C=O) groups excluding carboxylic acids is 1. The quantitative estimate of drug-likeness (QED) is 0.504. The second-order valence-corrected chi connectivity index (χ2v) is 9.39. The van der Waals surface area contributed by atoms with Crippen LogP contribution in [0.5, 0.6) is 5.75 Å². The number of benzene rings is 2.